The fraction of sp³-hybridized carbons (Fsp3) is 0.167. The van der Waals surface area contributed by atoms with Gasteiger partial charge in [0.25, 0.3) is 0 Å². The first-order valence-corrected chi connectivity index (χ1v) is 9.04. The quantitative estimate of drug-likeness (QED) is 0.404. The average Bonchev–Trinajstić information content (AvgIpc) is 2.68. The number of ether oxygens (including phenoxy) is 1. The highest BCUT2D eigenvalue weighted by atomic mass is 16.5. The third-order valence-electron chi connectivity index (χ3n) is 4.04. The summed E-state index contributed by atoms with van der Waals surface area (Å²) in [7, 11) is 0. The molecule has 0 heterocycles. The van der Waals surface area contributed by atoms with Gasteiger partial charge in [-0.25, -0.2) is 9.59 Å². The molecule has 2 rings (SSSR count). The van der Waals surface area contributed by atoms with E-state index in [0.717, 1.165) is 22.3 Å². The molecular formula is C24H24O4. The third-order valence-corrected chi connectivity index (χ3v) is 4.04. The van der Waals surface area contributed by atoms with Crippen LogP contribution in [0.1, 0.15) is 43.0 Å². The molecule has 0 saturated heterocycles. The molecule has 0 atom stereocenters. The second kappa shape index (κ2) is 10.1. The molecule has 0 fully saturated rings. The van der Waals surface area contributed by atoms with Crippen molar-refractivity contribution in [3.8, 4) is 0 Å². The van der Waals surface area contributed by atoms with E-state index in [9.17, 15) is 9.59 Å². The largest absolute Gasteiger partial charge is 0.478 e. The van der Waals surface area contributed by atoms with Crippen molar-refractivity contribution >= 4 is 36.2 Å². The molecule has 0 bridgehead atoms. The Morgan fingerprint density at radius 3 is 1.57 bits per heavy atom. The van der Waals surface area contributed by atoms with Crippen molar-refractivity contribution in [2.24, 2.45) is 0 Å². The number of carboxylic acid groups (broad SMARTS) is 1. The number of hydrogen-bond acceptors (Lipinski definition) is 3. The van der Waals surface area contributed by atoms with Crippen LogP contribution in [0.2, 0.25) is 0 Å². The third kappa shape index (κ3) is 6.40. The summed E-state index contributed by atoms with van der Waals surface area (Å²) in [5.41, 5.74) is 4.72. The molecular weight excluding hydrogens is 352 g/mol. The number of carbonyl (C=O) groups excluding carboxylic acids is 1. The Labute approximate surface area is 165 Å². The van der Waals surface area contributed by atoms with E-state index < -0.39 is 5.97 Å². The molecule has 144 valence electrons. The molecule has 0 amide bonds. The van der Waals surface area contributed by atoms with Crippen LogP contribution in [-0.4, -0.2) is 23.7 Å². The summed E-state index contributed by atoms with van der Waals surface area (Å²) in [6, 6.07) is 15.5. The van der Waals surface area contributed by atoms with Crippen molar-refractivity contribution in [2.45, 2.75) is 20.8 Å². The summed E-state index contributed by atoms with van der Waals surface area (Å²) in [5.74, 6) is -1.22. The van der Waals surface area contributed by atoms with Crippen LogP contribution in [-0.2, 0) is 14.3 Å². The normalized spacial score (nSPS) is 12.2. The molecule has 0 aromatic heterocycles. The number of carboxylic acids is 1. The molecule has 4 nitrogen and oxygen atoms in total. The zero-order chi connectivity index (χ0) is 20.5. The summed E-state index contributed by atoms with van der Waals surface area (Å²) in [6.07, 6.45) is 7.43. The van der Waals surface area contributed by atoms with E-state index in [0.29, 0.717) is 17.8 Å². The van der Waals surface area contributed by atoms with Crippen LogP contribution in [0.5, 0.6) is 0 Å². The van der Waals surface area contributed by atoms with Gasteiger partial charge in [0.2, 0.25) is 0 Å². The van der Waals surface area contributed by atoms with Crippen LogP contribution in [0.4, 0.5) is 0 Å². The summed E-state index contributed by atoms with van der Waals surface area (Å²) in [6.45, 7) is 5.46. The van der Waals surface area contributed by atoms with Gasteiger partial charge in [-0.05, 0) is 55.2 Å². The van der Waals surface area contributed by atoms with Gasteiger partial charge < -0.3 is 9.84 Å². The molecule has 0 unspecified atom stereocenters. The number of aliphatic carboxylic acids is 1. The summed E-state index contributed by atoms with van der Waals surface area (Å²) >= 11 is 0. The van der Waals surface area contributed by atoms with E-state index in [1.54, 1.807) is 32.9 Å². The van der Waals surface area contributed by atoms with Gasteiger partial charge in [0, 0.05) is 11.1 Å². The number of hydrogen-bond donors (Lipinski definition) is 1. The summed E-state index contributed by atoms with van der Waals surface area (Å²) in [4.78, 5) is 22.5. The lowest BCUT2D eigenvalue weighted by Crippen LogP contribution is -2.04. The SMILES string of the molecule is CCOC(=O)/C(C)=C/c1ccc(/C=C/c2ccc(/C=C(\C)C(=O)O)cc2)cc1. The van der Waals surface area contributed by atoms with Gasteiger partial charge in [0.1, 0.15) is 0 Å². The minimum atomic E-state index is -0.917. The lowest BCUT2D eigenvalue weighted by molar-refractivity contribution is -0.138. The van der Waals surface area contributed by atoms with Gasteiger partial charge in [-0.1, -0.05) is 60.7 Å². The zero-order valence-electron chi connectivity index (χ0n) is 16.3. The molecule has 0 aliphatic rings. The van der Waals surface area contributed by atoms with E-state index in [-0.39, 0.29) is 5.97 Å². The molecule has 0 saturated carbocycles. The Hall–Kier alpha value is -3.40. The summed E-state index contributed by atoms with van der Waals surface area (Å²) < 4.78 is 4.98. The summed E-state index contributed by atoms with van der Waals surface area (Å²) in [5, 5.41) is 8.92. The molecule has 0 aliphatic carbocycles. The second-order valence-corrected chi connectivity index (χ2v) is 6.35. The van der Waals surface area contributed by atoms with Crippen molar-refractivity contribution in [3.63, 3.8) is 0 Å². The second-order valence-electron chi connectivity index (χ2n) is 6.35. The Kier molecular flexibility index (Phi) is 7.52. The molecule has 0 radical (unpaired) electrons. The van der Waals surface area contributed by atoms with E-state index in [1.165, 1.54) is 0 Å². The van der Waals surface area contributed by atoms with Crippen LogP contribution in [0, 0.1) is 0 Å². The van der Waals surface area contributed by atoms with E-state index in [4.69, 9.17) is 9.84 Å². The maximum atomic E-state index is 11.7. The smallest absolute Gasteiger partial charge is 0.333 e. The number of benzene rings is 2. The zero-order valence-corrected chi connectivity index (χ0v) is 16.3. The average molecular weight is 376 g/mol. The Bertz CT molecular complexity index is 914. The van der Waals surface area contributed by atoms with E-state index >= 15 is 0 Å². The van der Waals surface area contributed by atoms with Crippen molar-refractivity contribution in [1.82, 2.24) is 0 Å². The van der Waals surface area contributed by atoms with Gasteiger partial charge in [-0.2, -0.15) is 0 Å². The first-order valence-electron chi connectivity index (χ1n) is 9.04. The molecule has 2 aromatic rings. The van der Waals surface area contributed by atoms with Gasteiger partial charge in [0.15, 0.2) is 0 Å². The number of carbonyl (C=O) groups is 2. The maximum Gasteiger partial charge on any atom is 0.333 e. The molecule has 2 aromatic carbocycles. The Morgan fingerprint density at radius 1 is 0.786 bits per heavy atom. The van der Waals surface area contributed by atoms with Gasteiger partial charge >= 0.3 is 11.9 Å². The highest BCUT2D eigenvalue weighted by Crippen LogP contribution is 2.14. The fourth-order valence-corrected chi connectivity index (χ4v) is 2.46. The minimum absolute atomic E-state index is 0.302. The van der Waals surface area contributed by atoms with Gasteiger partial charge in [-0.15, -0.1) is 0 Å². The predicted octanol–water partition coefficient (Wildman–Crippen LogP) is 5.31. The number of rotatable bonds is 7. The highest BCUT2D eigenvalue weighted by Gasteiger charge is 2.04. The highest BCUT2D eigenvalue weighted by molar-refractivity contribution is 5.93. The molecule has 0 aliphatic heterocycles. The van der Waals surface area contributed by atoms with Crippen LogP contribution < -0.4 is 0 Å². The first-order chi connectivity index (χ1) is 13.4. The minimum Gasteiger partial charge on any atom is -0.478 e. The Morgan fingerprint density at radius 2 is 1.18 bits per heavy atom. The lowest BCUT2D eigenvalue weighted by Gasteiger charge is -2.02. The topological polar surface area (TPSA) is 63.6 Å². The van der Waals surface area contributed by atoms with Crippen molar-refractivity contribution in [1.29, 1.82) is 0 Å². The van der Waals surface area contributed by atoms with Gasteiger partial charge in [-0.3, -0.25) is 0 Å². The molecule has 28 heavy (non-hydrogen) atoms. The number of esters is 1. The van der Waals surface area contributed by atoms with Crippen molar-refractivity contribution < 1.29 is 19.4 Å². The molecule has 4 heteroatoms. The fourth-order valence-electron chi connectivity index (χ4n) is 2.46. The predicted molar refractivity (Wildman–Crippen MR) is 113 cm³/mol. The van der Waals surface area contributed by atoms with Crippen LogP contribution in [0.15, 0.2) is 59.7 Å². The van der Waals surface area contributed by atoms with E-state index in [1.807, 2.05) is 60.7 Å². The lowest BCUT2D eigenvalue weighted by atomic mass is 10.1. The standard InChI is InChI=1S/C24H24O4/c1-4-28-24(27)18(3)16-22-13-9-20(10-14-22)6-5-19-7-11-21(12-8-19)15-17(2)23(25)26/h5-16H,4H2,1-3H3,(H,25,26)/b6-5+,17-15+,18-16+. The maximum absolute atomic E-state index is 11.7. The van der Waals surface area contributed by atoms with Crippen LogP contribution in [0.25, 0.3) is 24.3 Å². The van der Waals surface area contributed by atoms with Crippen molar-refractivity contribution in [2.75, 3.05) is 6.61 Å². The van der Waals surface area contributed by atoms with E-state index in [2.05, 4.69) is 0 Å². The molecule has 0 spiro atoms. The Balaban J connectivity index is 2.05. The van der Waals surface area contributed by atoms with Crippen LogP contribution in [0.3, 0.4) is 0 Å². The van der Waals surface area contributed by atoms with Crippen molar-refractivity contribution in [3.05, 3.63) is 81.9 Å². The van der Waals surface area contributed by atoms with Gasteiger partial charge in [0.05, 0.1) is 6.61 Å². The first kappa shape index (κ1) is 20.9. The van der Waals surface area contributed by atoms with Crippen LogP contribution >= 0.6 is 0 Å². The monoisotopic (exact) mass is 376 g/mol. The molecule has 1 N–H and O–H groups in total.